The van der Waals surface area contributed by atoms with E-state index in [9.17, 15) is 4.79 Å². The van der Waals surface area contributed by atoms with Gasteiger partial charge in [0, 0.05) is 17.9 Å². The van der Waals surface area contributed by atoms with Gasteiger partial charge in [0.25, 0.3) is 0 Å². The van der Waals surface area contributed by atoms with Crippen LogP contribution in [0, 0.1) is 6.92 Å². The zero-order chi connectivity index (χ0) is 13.1. The van der Waals surface area contributed by atoms with Crippen LogP contribution >= 0.6 is 11.8 Å². The van der Waals surface area contributed by atoms with E-state index in [-0.39, 0.29) is 5.69 Å². The van der Waals surface area contributed by atoms with Gasteiger partial charge in [-0.05, 0) is 19.6 Å². The van der Waals surface area contributed by atoms with E-state index in [0.29, 0.717) is 17.5 Å². The number of aromatic amines is 1. The second-order valence-electron chi connectivity index (χ2n) is 4.12. The lowest BCUT2D eigenvalue weighted by atomic mass is 10.2. The molecule has 0 aliphatic carbocycles. The normalized spacial score (nSPS) is 12.8. The quantitative estimate of drug-likeness (QED) is 0.853. The molecule has 2 heterocycles. The Morgan fingerprint density at radius 3 is 3.06 bits per heavy atom. The summed E-state index contributed by atoms with van der Waals surface area (Å²) in [6, 6.07) is 2.16. The van der Waals surface area contributed by atoms with Gasteiger partial charge in [0.2, 0.25) is 0 Å². The summed E-state index contributed by atoms with van der Waals surface area (Å²) < 4.78 is 1.46. The highest BCUT2D eigenvalue weighted by molar-refractivity contribution is 7.98. The third-order valence-corrected chi connectivity index (χ3v) is 3.52. The van der Waals surface area contributed by atoms with E-state index < -0.39 is 0 Å². The topological polar surface area (TPSA) is 75.1 Å². The summed E-state index contributed by atoms with van der Waals surface area (Å²) in [5.41, 5.74) is 0.340. The molecule has 2 rings (SSSR count). The lowest BCUT2D eigenvalue weighted by Crippen LogP contribution is -2.22. The Kier molecular flexibility index (Phi) is 3.90. The van der Waals surface area contributed by atoms with Crippen molar-refractivity contribution in [1.82, 2.24) is 19.6 Å². The largest absolute Gasteiger partial charge is 0.366 e. The molecule has 7 heteroatoms. The van der Waals surface area contributed by atoms with E-state index in [0.717, 1.165) is 18.0 Å². The van der Waals surface area contributed by atoms with Crippen molar-refractivity contribution in [2.75, 3.05) is 17.3 Å². The summed E-state index contributed by atoms with van der Waals surface area (Å²) in [6.07, 6.45) is 3.11. The van der Waals surface area contributed by atoms with Gasteiger partial charge in [0.1, 0.15) is 11.6 Å². The van der Waals surface area contributed by atoms with Gasteiger partial charge >= 0.3 is 5.69 Å². The highest BCUT2D eigenvalue weighted by Crippen LogP contribution is 2.12. The van der Waals surface area contributed by atoms with E-state index in [1.807, 2.05) is 0 Å². The number of rotatable bonds is 5. The van der Waals surface area contributed by atoms with Gasteiger partial charge in [0.15, 0.2) is 5.65 Å². The maximum atomic E-state index is 11.5. The van der Waals surface area contributed by atoms with Crippen LogP contribution in [0.4, 0.5) is 5.82 Å². The number of hydrogen-bond donors (Lipinski definition) is 2. The minimum atomic E-state index is -0.252. The van der Waals surface area contributed by atoms with Crippen molar-refractivity contribution in [3.05, 3.63) is 22.4 Å². The van der Waals surface area contributed by atoms with E-state index >= 15 is 0 Å². The third-order valence-electron chi connectivity index (χ3n) is 2.78. The number of nitrogens with one attached hydrogen (secondary N) is 2. The van der Waals surface area contributed by atoms with Gasteiger partial charge in [-0.1, -0.05) is 6.92 Å². The Morgan fingerprint density at radius 1 is 1.61 bits per heavy atom. The Labute approximate surface area is 109 Å². The molecule has 0 amide bonds. The van der Waals surface area contributed by atoms with Crippen LogP contribution in [0.15, 0.2) is 10.9 Å². The lowest BCUT2D eigenvalue weighted by Gasteiger charge is -2.16. The lowest BCUT2D eigenvalue weighted by molar-refractivity contribution is 0.766. The first-order valence-electron chi connectivity index (χ1n) is 5.86. The van der Waals surface area contributed by atoms with Crippen molar-refractivity contribution in [3.63, 3.8) is 0 Å². The molecule has 2 aromatic heterocycles. The van der Waals surface area contributed by atoms with Crippen LogP contribution in [-0.2, 0) is 0 Å². The number of nitrogens with zero attached hydrogens (tertiary/aromatic N) is 3. The molecule has 2 N–H and O–H groups in total. The standard InChI is InChI=1S/C11H17N5OS/c1-4-8(6-18-3)13-9-5-10-14-15-11(17)16(10)7(2)12-9/h5,8,13H,4,6H2,1-3H3,(H,15,17). The first kappa shape index (κ1) is 12.9. The van der Waals surface area contributed by atoms with Gasteiger partial charge in [0.05, 0.1) is 0 Å². The van der Waals surface area contributed by atoms with E-state index in [1.165, 1.54) is 4.40 Å². The highest BCUT2D eigenvalue weighted by atomic mass is 32.2. The number of aryl methyl sites for hydroxylation is 1. The van der Waals surface area contributed by atoms with Crippen LogP contribution in [0.3, 0.4) is 0 Å². The van der Waals surface area contributed by atoms with Crippen LogP contribution in [0.2, 0.25) is 0 Å². The predicted octanol–water partition coefficient (Wildman–Crippen LogP) is 1.28. The van der Waals surface area contributed by atoms with Crippen LogP contribution in [0.5, 0.6) is 0 Å². The van der Waals surface area contributed by atoms with Crippen LogP contribution in [-0.4, -0.2) is 37.6 Å². The molecule has 1 atom stereocenters. The van der Waals surface area contributed by atoms with Gasteiger partial charge in [-0.25, -0.2) is 19.3 Å². The van der Waals surface area contributed by atoms with Gasteiger partial charge in [-0.2, -0.15) is 16.9 Å². The number of H-pyrrole nitrogens is 1. The molecule has 0 aliphatic rings. The van der Waals surface area contributed by atoms with Crippen LogP contribution in [0.25, 0.3) is 5.65 Å². The number of fused-ring (bicyclic) bond motifs is 1. The molecular formula is C11H17N5OS. The minimum Gasteiger partial charge on any atom is -0.366 e. The summed E-state index contributed by atoms with van der Waals surface area (Å²) >= 11 is 1.80. The number of hydrogen-bond acceptors (Lipinski definition) is 5. The molecule has 0 aromatic carbocycles. The molecule has 2 aromatic rings. The number of thioether (sulfide) groups is 1. The molecule has 0 saturated carbocycles. The third kappa shape index (κ3) is 2.50. The number of anilines is 1. The first-order chi connectivity index (χ1) is 8.65. The SMILES string of the molecule is CCC(CSC)Nc1cc2n[nH]c(=O)n2c(C)n1. The van der Waals surface area contributed by atoms with E-state index in [1.54, 1.807) is 24.8 Å². The van der Waals surface area contributed by atoms with Crippen LogP contribution < -0.4 is 11.0 Å². The molecular weight excluding hydrogens is 250 g/mol. The second kappa shape index (κ2) is 5.43. The predicted molar refractivity (Wildman–Crippen MR) is 74.4 cm³/mol. The Balaban J connectivity index is 2.32. The van der Waals surface area contributed by atoms with Crippen molar-refractivity contribution in [3.8, 4) is 0 Å². The molecule has 0 fully saturated rings. The van der Waals surface area contributed by atoms with Crippen LogP contribution in [0.1, 0.15) is 19.2 Å². The molecule has 0 radical (unpaired) electrons. The summed E-state index contributed by atoms with van der Waals surface area (Å²) in [7, 11) is 0. The molecule has 6 nitrogen and oxygen atoms in total. The molecule has 98 valence electrons. The van der Waals surface area contributed by atoms with Gasteiger partial charge in [-0.3, -0.25) is 0 Å². The fraction of sp³-hybridized carbons (Fsp3) is 0.545. The van der Waals surface area contributed by atoms with Crippen molar-refractivity contribution in [1.29, 1.82) is 0 Å². The summed E-state index contributed by atoms with van der Waals surface area (Å²) in [5, 5.41) is 9.75. The van der Waals surface area contributed by atoms with Crippen molar-refractivity contribution in [2.45, 2.75) is 26.3 Å². The molecule has 0 saturated heterocycles. The van der Waals surface area contributed by atoms with Crippen molar-refractivity contribution in [2.24, 2.45) is 0 Å². The Morgan fingerprint density at radius 2 is 2.39 bits per heavy atom. The first-order valence-corrected chi connectivity index (χ1v) is 7.25. The number of aromatic nitrogens is 4. The zero-order valence-corrected chi connectivity index (χ0v) is 11.5. The van der Waals surface area contributed by atoms with Crippen molar-refractivity contribution < 1.29 is 0 Å². The van der Waals surface area contributed by atoms with E-state index in [2.05, 4.69) is 33.7 Å². The maximum absolute atomic E-state index is 11.5. The van der Waals surface area contributed by atoms with Gasteiger partial charge < -0.3 is 5.32 Å². The van der Waals surface area contributed by atoms with Crippen molar-refractivity contribution >= 4 is 23.2 Å². The Bertz CT molecular complexity index is 591. The fourth-order valence-electron chi connectivity index (χ4n) is 1.84. The average Bonchev–Trinajstić information content (AvgIpc) is 2.71. The Hall–Kier alpha value is -1.50. The minimum absolute atomic E-state index is 0.252. The summed E-state index contributed by atoms with van der Waals surface area (Å²) in [6.45, 7) is 3.93. The summed E-state index contributed by atoms with van der Waals surface area (Å²) in [5.74, 6) is 2.42. The highest BCUT2D eigenvalue weighted by Gasteiger charge is 2.10. The molecule has 0 bridgehead atoms. The molecule has 0 aliphatic heterocycles. The molecule has 0 spiro atoms. The monoisotopic (exact) mass is 267 g/mol. The van der Waals surface area contributed by atoms with Gasteiger partial charge in [-0.15, -0.1) is 0 Å². The average molecular weight is 267 g/mol. The fourth-order valence-corrected chi connectivity index (χ4v) is 2.56. The zero-order valence-electron chi connectivity index (χ0n) is 10.7. The van der Waals surface area contributed by atoms with E-state index in [4.69, 9.17) is 0 Å². The maximum Gasteiger partial charge on any atom is 0.349 e. The smallest absolute Gasteiger partial charge is 0.349 e. The second-order valence-corrected chi connectivity index (χ2v) is 5.03. The molecule has 1 unspecified atom stereocenters. The summed E-state index contributed by atoms with van der Waals surface area (Å²) in [4.78, 5) is 15.9. The molecule has 18 heavy (non-hydrogen) atoms.